The second-order valence-electron chi connectivity index (χ2n) is 4.00. The van der Waals surface area contributed by atoms with E-state index in [1.54, 1.807) is 18.3 Å². The van der Waals surface area contributed by atoms with E-state index in [0.717, 1.165) is 17.5 Å². The summed E-state index contributed by atoms with van der Waals surface area (Å²) in [5, 5.41) is 9.66. The molecule has 0 radical (unpaired) electrons. The number of aromatic nitrogens is 2. The molecule has 0 aliphatic heterocycles. The van der Waals surface area contributed by atoms with Gasteiger partial charge in [-0.25, -0.2) is 0 Å². The number of rotatable bonds is 4. The highest BCUT2D eigenvalue weighted by atomic mass is 16.3. The lowest BCUT2D eigenvalue weighted by Gasteiger charge is -2.08. The molecule has 0 fully saturated rings. The molecule has 0 spiro atoms. The summed E-state index contributed by atoms with van der Waals surface area (Å²) in [6, 6.07) is 7.11. The molecule has 2 aromatic heterocycles. The molecule has 2 heterocycles. The number of carbonyl (C=O) groups is 1. The van der Waals surface area contributed by atoms with Gasteiger partial charge in [-0.1, -0.05) is 13.0 Å². The number of hydrogen-bond acceptors (Lipinski definition) is 4. The van der Waals surface area contributed by atoms with Crippen molar-refractivity contribution in [3.8, 4) is 11.4 Å². The number of aliphatic hydroxyl groups is 1. The van der Waals surface area contributed by atoms with Gasteiger partial charge in [-0.05, 0) is 30.2 Å². The first-order chi connectivity index (χ1) is 8.74. The third-order valence-corrected chi connectivity index (χ3v) is 2.74. The van der Waals surface area contributed by atoms with Crippen LogP contribution in [0, 0.1) is 0 Å². The van der Waals surface area contributed by atoms with Gasteiger partial charge in [0.15, 0.2) is 6.29 Å². The van der Waals surface area contributed by atoms with Gasteiger partial charge in [0.2, 0.25) is 0 Å². The molecule has 0 aliphatic carbocycles. The van der Waals surface area contributed by atoms with Gasteiger partial charge < -0.3 is 5.11 Å². The largest absolute Gasteiger partial charge is 0.388 e. The summed E-state index contributed by atoms with van der Waals surface area (Å²) in [4.78, 5) is 18.9. The number of aldehydes is 1. The van der Waals surface area contributed by atoms with E-state index in [1.807, 2.05) is 19.1 Å². The zero-order chi connectivity index (χ0) is 13.0. The molecule has 4 nitrogen and oxygen atoms in total. The van der Waals surface area contributed by atoms with Gasteiger partial charge in [-0.15, -0.1) is 0 Å². The van der Waals surface area contributed by atoms with Crippen LogP contribution in [0.15, 0.2) is 36.7 Å². The van der Waals surface area contributed by atoms with Crippen molar-refractivity contribution in [3.63, 3.8) is 0 Å². The van der Waals surface area contributed by atoms with Gasteiger partial charge >= 0.3 is 0 Å². The Morgan fingerprint density at radius 2 is 1.83 bits per heavy atom. The summed E-state index contributed by atoms with van der Waals surface area (Å²) in [5.74, 6) is 0. The van der Waals surface area contributed by atoms with Crippen LogP contribution in [0.3, 0.4) is 0 Å². The number of nitrogens with zero attached hydrogens (tertiary/aromatic N) is 2. The topological polar surface area (TPSA) is 63.1 Å². The molecule has 0 amide bonds. The molecule has 1 atom stereocenters. The van der Waals surface area contributed by atoms with Crippen molar-refractivity contribution in [1.82, 2.24) is 9.97 Å². The van der Waals surface area contributed by atoms with Gasteiger partial charge in [0, 0.05) is 18.0 Å². The van der Waals surface area contributed by atoms with E-state index >= 15 is 0 Å². The second kappa shape index (κ2) is 5.51. The third kappa shape index (κ3) is 2.60. The maximum atomic E-state index is 10.5. The Hall–Kier alpha value is -2.07. The highest BCUT2D eigenvalue weighted by molar-refractivity contribution is 5.74. The van der Waals surface area contributed by atoms with Gasteiger partial charge in [0.25, 0.3) is 0 Å². The predicted octanol–water partition coefficient (Wildman–Crippen LogP) is 2.40. The molecule has 92 valence electrons. The van der Waals surface area contributed by atoms with Crippen molar-refractivity contribution in [1.29, 1.82) is 0 Å². The molecule has 2 rings (SSSR count). The van der Waals surface area contributed by atoms with Crippen LogP contribution in [0.25, 0.3) is 11.4 Å². The molecule has 1 N–H and O–H groups in total. The summed E-state index contributed by atoms with van der Waals surface area (Å²) in [5.41, 5.74) is 2.76. The summed E-state index contributed by atoms with van der Waals surface area (Å²) in [6.45, 7) is 1.91. The Morgan fingerprint density at radius 3 is 2.28 bits per heavy atom. The average Bonchev–Trinajstić information content (AvgIpc) is 2.47. The molecular formula is C14H14N2O2. The minimum Gasteiger partial charge on any atom is -0.388 e. The van der Waals surface area contributed by atoms with Gasteiger partial charge in [-0.3, -0.25) is 14.8 Å². The second-order valence-corrected chi connectivity index (χ2v) is 4.00. The average molecular weight is 242 g/mol. The Balaban J connectivity index is 2.25. The summed E-state index contributed by atoms with van der Waals surface area (Å²) in [6.07, 6.45) is 4.10. The number of aliphatic hydroxyl groups excluding tert-OH is 1. The quantitative estimate of drug-likeness (QED) is 0.836. The number of carbonyl (C=O) groups excluding carboxylic acids is 1. The smallest absolute Gasteiger partial charge is 0.151 e. The molecule has 1 unspecified atom stereocenters. The van der Waals surface area contributed by atoms with Crippen molar-refractivity contribution < 1.29 is 9.90 Å². The fraction of sp³-hybridized carbons (Fsp3) is 0.214. The van der Waals surface area contributed by atoms with E-state index in [1.165, 1.54) is 6.20 Å². The zero-order valence-electron chi connectivity index (χ0n) is 10.1. The monoisotopic (exact) mass is 242 g/mol. The lowest BCUT2D eigenvalue weighted by Crippen LogP contribution is -1.97. The minimum absolute atomic E-state index is 0.475. The Labute approximate surface area is 105 Å². The van der Waals surface area contributed by atoms with Crippen molar-refractivity contribution >= 4 is 6.29 Å². The first-order valence-electron chi connectivity index (χ1n) is 5.80. The highest BCUT2D eigenvalue weighted by Crippen LogP contribution is 2.19. The first kappa shape index (κ1) is 12.4. The van der Waals surface area contributed by atoms with Crippen LogP contribution in [0.5, 0.6) is 0 Å². The van der Waals surface area contributed by atoms with Crippen LogP contribution in [0.2, 0.25) is 0 Å². The fourth-order valence-electron chi connectivity index (χ4n) is 1.62. The van der Waals surface area contributed by atoms with E-state index in [4.69, 9.17) is 0 Å². The molecular weight excluding hydrogens is 228 g/mol. The minimum atomic E-state index is -0.475. The van der Waals surface area contributed by atoms with Crippen LogP contribution >= 0.6 is 0 Å². The van der Waals surface area contributed by atoms with Crippen molar-refractivity contribution in [2.24, 2.45) is 0 Å². The molecule has 0 bridgehead atoms. The summed E-state index contributed by atoms with van der Waals surface area (Å²) in [7, 11) is 0. The summed E-state index contributed by atoms with van der Waals surface area (Å²) >= 11 is 0. The maximum absolute atomic E-state index is 10.5. The molecule has 0 saturated heterocycles. The molecule has 2 aromatic rings. The van der Waals surface area contributed by atoms with Crippen LogP contribution in [-0.4, -0.2) is 21.4 Å². The van der Waals surface area contributed by atoms with E-state index in [2.05, 4.69) is 9.97 Å². The van der Waals surface area contributed by atoms with E-state index < -0.39 is 6.10 Å². The predicted molar refractivity (Wildman–Crippen MR) is 68.1 cm³/mol. The lowest BCUT2D eigenvalue weighted by atomic mass is 10.1. The highest BCUT2D eigenvalue weighted by Gasteiger charge is 2.06. The Morgan fingerprint density at radius 1 is 1.17 bits per heavy atom. The molecule has 4 heteroatoms. The first-order valence-corrected chi connectivity index (χ1v) is 5.80. The van der Waals surface area contributed by atoms with Crippen molar-refractivity contribution in [3.05, 3.63) is 47.8 Å². The SMILES string of the molecule is CCC(O)c1ccc(-c2ccc(C=O)cn2)nc1. The number of pyridine rings is 2. The third-order valence-electron chi connectivity index (χ3n) is 2.74. The van der Waals surface area contributed by atoms with E-state index in [9.17, 15) is 9.90 Å². The molecule has 0 saturated carbocycles. The summed E-state index contributed by atoms with van der Waals surface area (Å²) < 4.78 is 0. The van der Waals surface area contributed by atoms with E-state index in [-0.39, 0.29) is 0 Å². The fourth-order valence-corrected chi connectivity index (χ4v) is 1.62. The zero-order valence-corrected chi connectivity index (χ0v) is 10.1. The molecule has 0 aliphatic rings. The van der Waals surface area contributed by atoms with Crippen LogP contribution in [0.4, 0.5) is 0 Å². The molecule has 0 aromatic carbocycles. The van der Waals surface area contributed by atoms with Gasteiger partial charge in [0.1, 0.15) is 0 Å². The standard InChI is InChI=1S/C14H14N2O2/c1-2-14(18)11-4-6-13(16-8-11)12-5-3-10(9-17)7-15-12/h3-9,14,18H,2H2,1H3. The normalized spacial score (nSPS) is 12.1. The van der Waals surface area contributed by atoms with Crippen LogP contribution < -0.4 is 0 Å². The van der Waals surface area contributed by atoms with Crippen LogP contribution in [0.1, 0.15) is 35.4 Å². The van der Waals surface area contributed by atoms with E-state index in [0.29, 0.717) is 17.7 Å². The maximum Gasteiger partial charge on any atom is 0.151 e. The van der Waals surface area contributed by atoms with Crippen LogP contribution in [-0.2, 0) is 0 Å². The lowest BCUT2D eigenvalue weighted by molar-refractivity contribution is 0.112. The van der Waals surface area contributed by atoms with Gasteiger partial charge in [0.05, 0.1) is 17.5 Å². The van der Waals surface area contributed by atoms with Crippen molar-refractivity contribution in [2.45, 2.75) is 19.4 Å². The number of hydrogen-bond donors (Lipinski definition) is 1. The van der Waals surface area contributed by atoms with Gasteiger partial charge in [-0.2, -0.15) is 0 Å². The Bertz CT molecular complexity index is 520. The molecule has 18 heavy (non-hydrogen) atoms. The Kier molecular flexibility index (Phi) is 3.79. The van der Waals surface area contributed by atoms with Crippen molar-refractivity contribution in [2.75, 3.05) is 0 Å².